The van der Waals surface area contributed by atoms with Crippen LogP contribution in [0.3, 0.4) is 0 Å². The first-order valence-corrected chi connectivity index (χ1v) is 24.0. The van der Waals surface area contributed by atoms with Gasteiger partial charge in [0.25, 0.3) is 23.6 Å². The van der Waals surface area contributed by atoms with E-state index in [0.29, 0.717) is 99.3 Å². The molecule has 9 aromatic rings. The zero-order chi connectivity index (χ0) is 49.2. The molecule has 11 rings (SSSR count). The van der Waals surface area contributed by atoms with Crippen molar-refractivity contribution in [3.63, 3.8) is 0 Å². The van der Waals surface area contributed by atoms with Crippen LogP contribution in [-0.2, 0) is 0 Å². The molecule has 0 radical (unpaired) electrons. The molecule has 0 unspecified atom stereocenters. The SMILES string of the molecule is CC(C)c1cccc(C(C)C)c1N1C(=O)c2ccc3c4ccc5c6c(cc(-c7cccc(C#N)c7)c(c7c(-c8cccc(C#N)c8)cc(c2c37)C1=O)c64)C(=O)N(c1c(C(C)C)cccc1C(C)C)C5=O. The van der Waals surface area contributed by atoms with E-state index in [1.807, 2.05) is 97.1 Å². The van der Waals surface area contributed by atoms with Crippen molar-refractivity contribution in [2.24, 2.45) is 0 Å². The van der Waals surface area contributed by atoms with Crippen LogP contribution in [0.1, 0.15) is 154 Å². The number of anilines is 2. The fourth-order valence-electron chi connectivity index (χ4n) is 11.4. The molecule has 0 fully saturated rings. The summed E-state index contributed by atoms with van der Waals surface area (Å²) in [6.45, 7) is 16.5. The fraction of sp³-hybridized carbons (Fsp3) is 0.194. The Morgan fingerprint density at radius 3 is 1.01 bits per heavy atom. The Kier molecular flexibility index (Phi) is 10.1. The highest BCUT2D eigenvalue weighted by atomic mass is 16.2. The van der Waals surface area contributed by atoms with Crippen LogP contribution in [0, 0.1) is 22.7 Å². The minimum Gasteiger partial charge on any atom is -0.268 e. The third-order valence-corrected chi connectivity index (χ3v) is 14.6. The molecule has 8 heteroatoms. The first-order valence-electron chi connectivity index (χ1n) is 24.0. The van der Waals surface area contributed by atoms with E-state index in [1.54, 1.807) is 24.3 Å². The normalized spacial score (nSPS) is 13.7. The number of fused-ring (bicyclic) bond motifs is 2. The summed E-state index contributed by atoms with van der Waals surface area (Å²) in [5.41, 5.74) is 9.58. The molecule has 2 aliphatic heterocycles. The third-order valence-electron chi connectivity index (χ3n) is 14.6. The van der Waals surface area contributed by atoms with E-state index >= 15 is 19.2 Å². The maximum absolute atomic E-state index is 15.6. The van der Waals surface area contributed by atoms with E-state index < -0.39 is 23.6 Å². The van der Waals surface area contributed by atoms with Gasteiger partial charge in [-0.15, -0.1) is 0 Å². The number of carbonyl (C=O) groups excluding carboxylic acids is 4. The number of benzene rings is 9. The van der Waals surface area contributed by atoms with Crippen LogP contribution in [0.5, 0.6) is 0 Å². The second-order valence-corrected chi connectivity index (χ2v) is 20.0. The van der Waals surface area contributed by atoms with Gasteiger partial charge in [0.05, 0.1) is 34.6 Å². The largest absolute Gasteiger partial charge is 0.268 e. The molecule has 0 bridgehead atoms. The second kappa shape index (κ2) is 16.1. The maximum Gasteiger partial charge on any atom is 0.266 e. The molecule has 2 aliphatic rings. The molecule has 0 saturated carbocycles. The van der Waals surface area contributed by atoms with Gasteiger partial charge < -0.3 is 0 Å². The zero-order valence-electron chi connectivity index (χ0n) is 40.3. The number of imide groups is 2. The Hall–Kier alpha value is -8.46. The molecule has 0 aliphatic carbocycles. The van der Waals surface area contributed by atoms with Crippen molar-refractivity contribution < 1.29 is 19.2 Å². The quantitative estimate of drug-likeness (QED) is 0.0850. The van der Waals surface area contributed by atoms with Gasteiger partial charge >= 0.3 is 0 Å². The molecule has 2 heterocycles. The van der Waals surface area contributed by atoms with Crippen molar-refractivity contribution in [1.82, 2.24) is 0 Å². The smallest absolute Gasteiger partial charge is 0.266 e. The van der Waals surface area contributed by atoms with Gasteiger partial charge in [-0.25, -0.2) is 9.80 Å². The summed E-state index contributed by atoms with van der Waals surface area (Å²) in [4.78, 5) is 64.7. The molecule has 0 saturated heterocycles. The molecule has 0 spiro atoms. The first-order chi connectivity index (χ1) is 33.7. The summed E-state index contributed by atoms with van der Waals surface area (Å²) in [6.07, 6.45) is 0. The Balaban J connectivity index is 1.32. The van der Waals surface area contributed by atoms with Crippen LogP contribution in [0.25, 0.3) is 65.3 Å². The van der Waals surface area contributed by atoms with E-state index in [4.69, 9.17) is 0 Å². The fourth-order valence-corrected chi connectivity index (χ4v) is 11.4. The van der Waals surface area contributed by atoms with E-state index in [2.05, 4.69) is 67.5 Å². The highest BCUT2D eigenvalue weighted by molar-refractivity contribution is 6.48. The first kappa shape index (κ1) is 44.1. The van der Waals surface area contributed by atoms with Gasteiger partial charge in [0.15, 0.2) is 0 Å². The van der Waals surface area contributed by atoms with Gasteiger partial charge in [0.1, 0.15) is 0 Å². The molecular formula is C62H48N4O4. The predicted octanol–water partition coefficient (Wildman–Crippen LogP) is 14.9. The van der Waals surface area contributed by atoms with Gasteiger partial charge in [-0.3, -0.25) is 19.2 Å². The highest BCUT2D eigenvalue weighted by Gasteiger charge is 2.42. The van der Waals surface area contributed by atoms with Crippen LogP contribution >= 0.6 is 0 Å². The van der Waals surface area contributed by atoms with Crippen LogP contribution < -0.4 is 9.80 Å². The van der Waals surface area contributed by atoms with Crippen molar-refractivity contribution in [2.75, 3.05) is 9.80 Å². The van der Waals surface area contributed by atoms with E-state index in [-0.39, 0.29) is 23.7 Å². The van der Waals surface area contributed by atoms with E-state index in [0.717, 1.165) is 33.0 Å². The van der Waals surface area contributed by atoms with Crippen molar-refractivity contribution in [1.29, 1.82) is 10.5 Å². The molecule has 340 valence electrons. The molecule has 0 aromatic heterocycles. The Morgan fingerprint density at radius 2 is 0.686 bits per heavy atom. The number of amides is 4. The molecule has 0 N–H and O–H groups in total. The van der Waals surface area contributed by atoms with Crippen molar-refractivity contribution in [3.8, 4) is 34.4 Å². The standard InChI is InChI=1S/C62H48N4O4/c1-31(2)39-17-11-18-40(32(3)4)57(39)65-59(67)45-23-21-43-44-22-24-46-52-50(62(70)66(60(46)68)58-41(33(5)6)19-12-20-42(58)34(7)8)28-48(38-16-10-14-36(26-38)30-64)56(54(44)52)55-47(37-15-9-13-35(25-37)29-63)27-49(61(65)69)51(45)53(43)55/h9-28,31-34H,1-8H3. The Morgan fingerprint density at radius 1 is 0.357 bits per heavy atom. The summed E-state index contributed by atoms with van der Waals surface area (Å²) in [6, 6.07) is 42.2. The number of rotatable bonds is 8. The van der Waals surface area contributed by atoms with Crippen LogP contribution in [0.4, 0.5) is 11.4 Å². The van der Waals surface area contributed by atoms with Gasteiger partial charge in [-0.05, 0) is 149 Å². The molecule has 0 atom stereocenters. The monoisotopic (exact) mass is 912 g/mol. The minimum absolute atomic E-state index is 0.0000311. The van der Waals surface area contributed by atoms with Gasteiger partial charge in [0, 0.05) is 33.0 Å². The number of hydrogen-bond donors (Lipinski definition) is 0. The lowest BCUT2D eigenvalue weighted by molar-refractivity contribution is 0.0877. The molecular weight excluding hydrogens is 865 g/mol. The lowest BCUT2D eigenvalue weighted by Gasteiger charge is -2.34. The summed E-state index contributed by atoms with van der Waals surface area (Å²) in [5, 5.41) is 25.8. The zero-order valence-corrected chi connectivity index (χ0v) is 40.3. The Labute approximate surface area is 406 Å². The number of para-hydroxylation sites is 2. The highest BCUT2D eigenvalue weighted by Crippen LogP contribution is 2.54. The van der Waals surface area contributed by atoms with Crippen molar-refractivity contribution >= 4 is 78.1 Å². The lowest BCUT2D eigenvalue weighted by Crippen LogP contribution is -2.42. The van der Waals surface area contributed by atoms with Crippen molar-refractivity contribution in [3.05, 3.63) is 177 Å². The van der Waals surface area contributed by atoms with Gasteiger partial charge in [-0.2, -0.15) is 10.5 Å². The molecule has 9 aromatic carbocycles. The van der Waals surface area contributed by atoms with Crippen LogP contribution in [0.2, 0.25) is 0 Å². The molecule has 4 amide bonds. The number of hydrogen-bond acceptors (Lipinski definition) is 6. The number of nitriles is 2. The lowest BCUT2D eigenvalue weighted by atomic mass is 9.77. The van der Waals surface area contributed by atoms with E-state index in [1.165, 1.54) is 9.80 Å². The third kappa shape index (κ3) is 6.19. The van der Waals surface area contributed by atoms with Gasteiger partial charge in [-0.1, -0.05) is 128 Å². The average molecular weight is 913 g/mol. The van der Waals surface area contributed by atoms with Crippen molar-refractivity contribution in [2.45, 2.75) is 79.1 Å². The number of carbonyl (C=O) groups is 4. The summed E-state index contributed by atoms with van der Waals surface area (Å²) >= 11 is 0. The average Bonchev–Trinajstić information content (AvgIpc) is 3.36. The number of nitrogens with zero attached hydrogens (tertiary/aromatic N) is 4. The van der Waals surface area contributed by atoms with E-state index in [9.17, 15) is 10.5 Å². The summed E-state index contributed by atoms with van der Waals surface area (Å²) in [7, 11) is 0. The van der Waals surface area contributed by atoms with Crippen LogP contribution in [0.15, 0.2) is 121 Å². The topological polar surface area (TPSA) is 122 Å². The molecule has 70 heavy (non-hydrogen) atoms. The second-order valence-electron chi connectivity index (χ2n) is 20.0. The Bertz CT molecular complexity index is 3610. The predicted molar refractivity (Wildman–Crippen MR) is 279 cm³/mol. The summed E-state index contributed by atoms with van der Waals surface area (Å²) < 4.78 is 0. The van der Waals surface area contributed by atoms with Gasteiger partial charge in [0.2, 0.25) is 0 Å². The minimum atomic E-state index is -0.453. The van der Waals surface area contributed by atoms with Crippen LogP contribution in [-0.4, -0.2) is 23.6 Å². The summed E-state index contributed by atoms with van der Waals surface area (Å²) in [5.74, 6) is -1.77. The molecule has 8 nitrogen and oxygen atoms in total. The maximum atomic E-state index is 15.6.